The summed E-state index contributed by atoms with van der Waals surface area (Å²) in [6.45, 7) is 7.22. The molecule has 1 aromatic rings. The van der Waals surface area contributed by atoms with Gasteiger partial charge in [-0.2, -0.15) is 0 Å². The van der Waals surface area contributed by atoms with Gasteiger partial charge in [0.05, 0.1) is 5.92 Å². The number of carbonyl (C=O) groups excluding carboxylic acids is 2. The van der Waals surface area contributed by atoms with Crippen molar-refractivity contribution in [3.8, 4) is 0 Å². The summed E-state index contributed by atoms with van der Waals surface area (Å²) in [5, 5.41) is 6.41. The molecule has 0 unspecified atom stereocenters. The van der Waals surface area contributed by atoms with Crippen molar-refractivity contribution in [2.45, 2.75) is 33.6 Å². The Labute approximate surface area is 118 Å². The molecular weight excluding hydrogens is 258 g/mol. The second-order valence-corrected chi connectivity index (χ2v) is 5.74. The van der Waals surface area contributed by atoms with Crippen LogP contribution in [0.1, 0.15) is 32.4 Å². The van der Waals surface area contributed by atoms with E-state index in [9.17, 15) is 9.59 Å². The highest BCUT2D eigenvalue weighted by molar-refractivity contribution is 5.96. The lowest BCUT2D eigenvalue weighted by Crippen LogP contribution is -2.29. The zero-order valence-electron chi connectivity index (χ0n) is 12.2. The first kappa shape index (κ1) is 14.6. The van der Waals surface area contributed by atoms with Crippen molar-refractivity contribution in [3.63, 3.8) is 0 Å². The summed E-state index contributed by atoms with van der Waals surface area (Å²) in [6.07, 6.45) is 1.24. The number of anilines is 1. The highest BCUT2D eigenvalue weighted by Crippen LogP contribution is 2.20. The number of nitrogens with one attached hydrogen (secondary N) is 1. The van der Waals surface area contributed by atoms with Crippen LogP contribution in [0.25, 0.3) is 0 Å². The molecule has 6 nitrogen and oxygen atoms in total. The normalized spacial score (nSPS) is 18.9. The SMILES string of the molecule is Cc1cc(NC(=O)[C@@H]2CC(=O)N(CCC(C)C)C2)no1. The molecule has 1 fully saturated rings. The number of aromatic nitrogens is 1. The van der Waals surface area contributed by atoms with Crippen molar-refractivity contribution in [1.82, 2.24) is 10.1 Å². The molecule has 1 N–H and O–H groups in total. The Morgan fingerprint density at radius 2 is 2.35 bits per heavy atom. The van der Waals surface area contributed by atoms with Crippen molar-refractivity contribution in [2.75, 3.05) is 18.4 Å². The minimum atomic E-state index is -0.299. The number of aryl methyl sites for hydroxylation is 1. The van der Waals surface area contributed by atoms with Crippen LogP contribution < -0.4 is 5.32 Å². The Balaban J connectivity index is 1.87. The third-order valence-electron chi connectivity index (χ3n) is 3.44. The van der Waals surface area contributed by atoms with E-state index < -0.39 is 0 Å². The first-order valence-corrected chi connectivity index (χ1v) is 6.97. The molecule has 0 saturated carbocycles. The Hall–Kier alpha value is -1.85. The van der Waals surface area contributed by atoms with Crippen LogP contribution in [0.3, 0.4) is 0 Å². The van der Waals surface area contributed by atoms with Crippen LogP contribution >= 0.6 is 0 Å². The molecule has 20 heavy (non-hydrogen) atoms. The van der Waals surface area contributed by atoms with E-state index in [0.717, 1.165) is 13.0 Å². The molecule has 0 spiro atoms. The van der Waals surface area contributed by atoms with Crippen LogP contribution in [-0.4, -0.2) is 35.0 Å². The maximum absolute atomic E-state index is 12.1. The lowest BCUT2D eigenvalue weighted by molar-refractivity contribution is -0.128. The second-order valence-electron chi connectivity index (χ2n) is 5.74. The molecule has 0 aliphatic carbocycles. The van der Waals surface area contributed by atoms with Gasteiger partial charge in [0.15, 0.2) is 5.82 Å². The van der Waals surface area contributed by atoms with E-state index in [4.69, 9.17) is 4.52 Å². The maximum atomic E-state index is 12.1. The molecule has 0 radical (unpaired) electrons. The Morgan fingerprint density at radius 1 is 1.60 bits per heavy atom. The standard InChI is InChI=1S/C14H21N3O3/c1-9(2)4-5-17-8-11(7-13(17)18)14(19)15-12-6-10(3)20-16-12/h6,9,11H,4-5,7-8H2,1-3H3,(H,15,16,19)/t11-/m1/s1. The number of hydrogen-bond acceptors (Lipinski definition) is 4. The van der Waals surface area contributed by atoms with E-state index in [-0.39, 0.29) is 24.2 Å². The van der Waals surface area contributed by atoms with E-state index in [0.29, 0.717) is 24.0 Å². The first-order valence-electron chi connectivity index (χ1n) is 6.97. The fraction of sp³-hybridized carbons (Fsp3) is 0.643. The molecular formula is C14H21N3O3. The fourth-order valence-electron chi connectivity index (χ4n) is 2.23. The fourth-order valence-corrected chi connectivity index (χ4v) is 2.23. The predicted octanol–water partition coefficient (Wildman–Crippen LogP) is 1.82. The summed E-state index contributed by atoms with van der Waals surface area (Å²) in [4.78, 5) is 25.7. The highest BCUT2D eigenvalue weighted by atomic mass is 16.5. The van der Waals surface area contributed by atoms with E-state index >= 15 is 0 Å². The summed E-state index contributed by atoms with van der Waals surface area (Å²) >= 11 is 0. The number of amides is 2. The van der Waals surface area contributed by atoms with E-state index in [1.54, 1.807) is 17.9 Å². The lowest BCUT2D eigenvalue weighted by Gasteiger charge is -2.17. The van der Waals surface area contributed by atoms with Gasteiger partial charge in [0.2, 0.25) is 11.8 Å². The minimum Gasteiger partial charge on any atom is -0.360 e. The molecule has 1 saturated heterocycles. The molecule has 1 aliphatic heterocycles. The van der Waals surface area contributed by atoms with Crippen LogP contribution in [0, 0.1) is 18.8 Å². The largest absolute Gasteiger partial charge is 0.360 e. The van der Waals surface area contributed by atoms with E-state index in [1.807, 2.05) is 0 Å². The second kappa shape index (κ2) is 6.07. The molecule has 110 valence electrons. The number of nitrogens with zero attached hydrogens (tertiary/aromatic N) is 2. The molecule has 6 heteroatoms. The predicted molar refractivity (Wildman–Crippen MR) is 74.0 cm³/mol. The highest BCUT2D eigenvalue weighted by Gasteiger charge is 2.34. The van der Waals surface area contributed by atoms with Gasteiger partial charge in [0.1, 0.15) is 5.76 Å². The van der Waals surface area contributed by atoms with Crippen LogP contribution in [0.5, 0.6) is 0 Å². The molecule has 0 bridgehead atoms. The van der Waals surface area contributed by atoms with Crippen molar-refractivity contribution >= 4 is 17.6 Å². The van der Waals surface area contributed by atoms with Gasteiger partial charge in [-0.15, -0.1) is 0 Å². The molecule has 0 aromatic carbocycles. The van der Waals surface area contributed by atoms with Crippen LogP contribution in [0.15, 0.2) is 10.6 Å². The summed E-state index contributed by atoms with van der Waals surface area (Å²) in [5.74, 6) is 1.18. The molecule has 2 amide bonds. The van der Waals surface area contributed by atoms with Gasteiger partial charge in [-0.1, -0.05) is 19.0 Å². The third kappa shape index (κ3) is 3.59. The van der Waals surface area contributed by atoms with Gasteiger partial charge >= 0.3 is 0 Å². The summed E-state index contributed by atoms with van der Waals surface area (Å²) < 4.78 is 4.89. The van der Waals surface area contributed by atoms with Crippen molar-refractivity contribution in [1.29, 1.82) is 0 Å². The Kier molecular flexibility index (Phi) is 4.42. The zero-order chi connectivity index (χ0) is 14.7. The van der Waals surface area contributed by atoms with Crippen molar-refractivity contribution in [3.05, 3.63) is 11.8 Å². The Bertz CT molecular complexity index is 496. The van der Waals surface area contributed by atoms with Gasteiger partial charge in [-0.05, 0) is 19.3 Å². The summed E-state index contributed by atoms with van der Waals surface area (Å²) in [5.41, 5.74) is 0. The lowest BCUT2D eigenvalue weighted by atomic mass is 10.1. The van der Waals surface area contributed by atoms with Gasteiger partial charge < -0.3 is 14.7 Å². The van der Waals surface area contributed by atoms with Crippen molar-refractivity contribution in [2.24, 2.45) is 11.8 Å². The summed E-state index contributed by atoms with van der Waals surface area (Å²) in [6, 6.07) is 1.66. The average molecular weight is 279 g/mol. The third-order valence-corrected chi connectivity index (χ3v) is 3.44. The summed E-state index contributed by atoms with van der Waals surface area (Å²) in [7, 11) is 0. The molecule has 2 heterocycles. The maximum Gasteiger partial charge on any atom is 0.231 e. The number of carbonyl (C=O) groups is 2. The van der Waals surface area contributed by atoms with Gasteiger partial charge in [0.25, 0.3) is 0 Å². The molecule has 2 rings (SSSR count). The number of likely N-dealkylation sites (tertiary alicyclic amines) is 1. The van der Waals surface area contributed by atoms with Gasteiger partial charge in [0, 0.05) is 25.6 Å². The smallest absolute Gasteiger partial charge is 0.231 e. The van der Waals surface area contributed by atoms with Gasteiger partial charge in [-0.3, -0.25) is 9.59 Å². The van der Waals surface area contributed by atoms with Crippen LogP contribution in [-0.2, 0) is 9.59 Å². The first-order chi connectivity index (χ1) is 9.45. The van der Waals surface area contributed by atoms with E-state index in [2.05, 4.69) is 24.3 Å². The van der Waals surface area contributed by atoms with Crippen molar-refractivity contribution < 1.29 is 14.1 Å². The van der Waals surface area contributed by atoms with Crippen LogP contribution in [0.2, 0.25) is 0 Å². The molecule has 1 aliphatic rings. The molecule has 1 aromatic heterocycles. The monoisotopic (exact) mass is 279 g/mol. The quantitative estimate of drug-likeness (QED) is 0.892. The van der Waals surface area contributed by atoms with Crippen LogP contribution in [0.4, 0.5) is 5.82 Å². The minimum absolute atomic E-state index is 0.0575. The number of hydrogen-bond donors (Lipinski definition) is 1. The molecule has 1 atom stereocenters. The number of rotatable bonds is 5. The average Bonchev–Trinajstić information content (AvgIpc) is 2.93. The topological polar surface area (TPSA) is 75.4 Å². The Morgan fingerprint density at radius 3 is 2.95 bits per heavy atom. The van der Waals surface area contributed by atoms with E-state index in [1.165, 1.54) is 0 Å². The zero-order valence-corrected chi connectivity index (χ0v) is 12.2. The van der Waals surface area contributed by atoms with Gasteiger partial charge in [-0.25, -0.2) is 0 Å².